The molecule has 1 aromatic carbocycles. The number of benzene rings is 1. The number of esters is 1. The van der Waals surface area contributed by atoms with Crippen LogP contribution in [-0.4, -0.2) is 25.0 Å². The number of aryl methyl sites for hydroxylation is 1. The Balaban J connectivity index is 2.12. The van der Waals surface area contributed by atoms with Crippen LogP contribution in [0.1, 0.15) is 48.5 Å². The number of amides is 1. The molecule has 0 saturated carbocycles. The van der Waals surface area contributed by atoms with E-state index in [1.54, 1.807) is 6.92 Å². The first kappa shape index (κ1) is 16.2. The Morgan fingerprint density at radius 2 is 2.00 bits per heavy atom. The van der Waals surface area contributed by atoms with Crippen molar-refractivity contribution in [3.05, 3.63) is 35.4 Å². The van der Waals surface area contributed by atoms with Crippen molar-refractivity contribution in [1.82, 2.24) is 5.32 Å². The summed E-state index contributed by atoms with van der Waals surface area (Å²) in [6, 6.07) is 7.52. The highest BCUT2D eigenvalue weighted by atomic mass is 16.5. The quantitative estimate of drug-likeness (QED) is 0.587. The molecule has 1 aromatic rings. The topological polar surface area (TPSA) is 55.4 Å². The molecule has 20 heavy (non-hydrogen) atoms. The van der Waals surface area contributed by atoms with Gasteiger partial charge in [0, 0.05) is 18.5 Å². The highest BCUT2D eigenvalue weighted by Crippen LogP contribution is 2.04. The second-order valence-electron chi connectivity index (χ2n) is 4.74. The Bertz CT molecular complexity index is 443. The normalized spacial score (nSPS) is 10.1. The number of nitrogens with one attached hydrogen (secondary N) is 1. The molecule has 0 unspecified atom stereocenters. The molecule has 1 amide bonds. The van der Waals surface area contributed by atoms with Gasteiger partial charge in [-0.15, -0.1) is 0 Å². The van der Waals surface area contributed by atoms with E-state index in [0.29, 0.717) is 25.1 Å². The molecule has 0 saturated heterocycles. The van der Waals surface area contributed by atoms with Crippen molar-refractivity contribution in [2.24, 2.45) is 0 Å². The highest BCUT2D eigenvalue weighted by Gasteiger charge is 2.04. The highest BCUT2D eigenvalue weighted by molar-refractivity contribution is 5.94. The van der Waals surface area contributed by atoms with Crippen molar-refractivity contribution in [1.29, 1.82) is 0 Å². The second kappa shape index (κ2) is 9.13. The number of hydrogen-bond acceptors (Lipinski definition) is 3. The van der Waals surface area contributed by atoms with Crippen LogP contribution in [-0.2, 0) is 9.53 Å². The molecule has 0 aromatic heterocycles. The first-order valence-corrected chi connectivity index (χ1v) is 7.14. The Morgan fingerprint density at radius 1 is 1.20 bits per heavy atom. The SMILES string of the molecule is CCOC(=O)CCCCCNC(=O)c1cccc(C)c1. The van der Waals surface area contributed by atoms with Crippen molar-refractivity contribution < 1.29 is 14.3 Å². The van der Waals surface area contributed by atoms with E-state index in [-0.39, 0.29) is 11.9 Å². The van der Waals surface area contributed by atoms with Gasteiger partial charge in [0.15, 0.2) is 0 Å². The van der Waals surface area contributed by atoms with Crippen LogP contribution in [0.25, 0.3) is 0 Å². The van der Waals surface area contributed by atoms with E-state index in [9.17, 15) is 9.59 Å². The third kappa shape index (κ3) is 6.36. The Labute approximate surface area is 120 Å². The molecule has 0 spiro atoms. The fourth-order valence-electron chi connectivity index (χ4n) is 1.89. The molecule has 1 rings (SSSR count). The van der Waals surface area contributed by atoms with Crippen molar-refractivity contribution >= 4 is 11.9 Å². The number of carbonyl (C=O) groups is 2. The molecule has 110 valence electrons. The summed E-state index contributed by atoms with van der Waals surface area (Å²) in [7, 11) is 0. The molecule has 0 aliphatic heterocycles. The van der Waals surface area contributed by atoms with Gasteiger partial charge in [-0.2, -0.15) is 0 Å². The van der Waals surface area contributed by atoms with Crippen LogP contribution in [0.2, 0.25) is 0 Å². The molecule has 0 atom stereocenters. The maximum atomic E-state index is 11.8. The zero-order valence-electron chi connectivity index (χ0n) is 12.3. The van der Waals surface area contributed by atoms with E-state index >= 15 is 0 Å². The zero-order valence-corrected chi connectivity index (χ0v) is 12.3. The van der Waals surface area contributed by atoms with Gasteiger partial charge in [0.1, 0.15) is 0 Å². The largest absolute Gasteiger partial charge is 0.466 e. The smallest absolute Gasteiger partial charge is 0.305 e. The lowest BCUT2D eigenvalue weighted by atomic mass is 10.1. The molecule has 0 heterocycles. The fraction of sp³-hybridized carbons (Fsp3) is 0.500. The van der Waals surface area contributed by atoms with Crippen LogP contribution in [0.5, 0.6) is 0 Å². The van der Waals surface area contributed by atoms with Gasteiger partial charge in [-0.1, -0.05) is 24.1 Å². The monoisotopic (exact) mass is 277 g/mol. The Kier molecular flexibility index (Phi) is 7.40. The first-order valence-electron chi connectivity index (χ1n) is 7.14. The van der Waals surface area contributed by atoms with Crippen molar-refractivity contribution in [3.63, 3.8) is 0 Å². The number of carbonyl (C=O) groups excluding carboxylic acids is 2. The Hall–Kier alpha value is -1.84. The maximum Gasteiger partial charge on any atom is 0.305 e. The summed E-state index contributed by atoms with van der Waals surface area (Å²) in [6.45, 7) is 4.84. The molecular weight excluding hydrogens is 254 g/mol. The average Bonchev–Trinajstić information content (AvgIpc) is 2.42. The minimum Gasteiger partial charge on any atom is -0.466 e. The van der Waals surface area contributed by atoms with Gasteiger partial charge in [-0.3, -0.25) is 9.59 Å². The number of ether oxygens (including phenoxy) is 1. The van der Waals surface area contributed by atoms with E-state index < -0.39 is 0 Å². The van der Waals surface area contributed by atoms with Gasteiger partial charge in [-0.05, 0) is 38.8 Å². The van der Waals surface area contributed by atoms with Gasteiger partial charge < -0.3 is 10.1 Å². The third-order valence-corrected chi connectivity index (χ3v) is 2.93. The molecule has 0 aliphatic rings. The van der Waals surface area contributed by atoms with Crippen molar-refractivity contribution in [2.75, 3.05) is 13.2 Å². The third-order valence-electron chi connectivity index (χ3n) is 2.93. The van der Waals surface area contributed by atoms with Gasteiger partial charge in [-0.25, -0.2) is 0 Å². The van der Waals surface area contributed by atoms with E-state index in [1.807, 2.05) is 31.2 Å². The maximum absolute atomic E-state index is 11.8. The molecule has 0 fully saturated rings. The van der Waals surface area contributed by atoms with Crippen molar-refractivity contribution in [2.45, 2.75) is 39.5 Å². The standard InChI is InChI=1S/C16H23NO3/c1-3-20-15(18)10-5-4-6-11-17-16(19)14-9-7-8-13(2)12-14/h7-9,12H,3-6,10-11H2,1-2H3,(H,17,19). The molecule has 1 N–H and O–H groups in total. The lowest BCUT2D eigenvalue weighted by molar-refractivity contribution is -0.143. The summed E-state index contributed by atoms with van der Waals surface area (Å²) in [5, 5.41) is 2.88. The van der Waals surface area contributed by atoms with E-state index in [4.69, 9.17) is 4.74 Å². The summed E-state index contributed by atoms with van der Waals surface area (Å²) >= 11 is 0. The van der Waals surface area contributed by atoms with E-state index in [1.165, 1.54) is 0 Å². The minimum absolute atomic E-state index is 0.0425. The summed E-state index contributed by atoms with van der Waals surface area (Å²) in [5.41, 5.74) is 1.77. The van der Waals surface area contributed by atoms with Crippen molar-refractivity contribution in [3.8, 4) is 0 Å². The number of unbranched alkanes of at least 4 members (excludes halogenated alkanes) is 2. The van der Waals surface area contributed by atoms with Crippen LogP contribution in [0.3, 0.4) is 0 Å². The summed E-state index contributed by atoms with van der Waals surface area (Å²) in [4.78, 5) is 22.9. The molecule has 0 bridgehead atoms. The van der Waals surface area contributed by atoms with E-state index in [0.717, 1.165) is 24.8 Å². The molecule has 0 aliphatic carbocycles. The number of hydrogen-bond donors (Lipinski definition) is 1. The Morgan fingerprint density at radius 3 is 2.70 bits per heavy atom. The molecule has 0 radical (unpaired) electrons. The zero-order chi connectivity index (χ0) is 14.8. The van der Waals surface area contributed by atoms with Crippen LogP contribution in [0.4, 0.5) is 0 Å². The summed E-state index contributed by atoms with van der Waals surface area (Å²) < 4.78 is 4.85. The molecule has 4 heteroatoms. The van der Waals surface area contributed by atoms with Crippen LogP contribution < -0.4 is 5.32 Å². The van der Waals surface area contributed by atoms with Gasteiger partial charge >= 0.3 is 5.97 Å². The van der Waals surface area contributed by atoms with Gasteiger partial charge in [0.25, 0.3) is 5.91 Å². The predicted octanol–water partition coefficient (Wildman–Crippen LogP) is 2.85. The van der Waals surface area contributed by atoms with Crippen LogP contribution in [0, 0.1) is 6.92 Å². The lowest BCUT2D eigenvalue weighted by Gasteiger charge is -2.06. The van der Waals surface area contributed by atoms with Gasteiger partial charge in [0.05, 0.1) is 6.61 Å². The minimum atomic E-state index is -0.142. The second-order valence-corrected chi connectivity index (χ2v) is 4.74. The fourth-order valence-corrected chi connectivity index (χ4v) is 1.89. The van der Waals surface area contributed by atoms with E-state index in [2.05, 4.69) is 5.32 Å². The first-order chi connectivity index (χ1) is 9.63. The summed E-state index contributed by atoms with van der Waals surface area (Å²) in [6.07, 6.45) is 3.04. The molecular formula is C16H23NO3. The molecule has 4 nitrogen and oxygen atoms in total. The lowest BCUT2D eigenvalue weighted by Crippen LogP contribution is -2.24. The predicted molar refractivity (Wildman–Crippen MR) is 78.6 cm³/mol. The van der Waals surface area contributed by atoms with Gasteiger partial charge in [0.2, 0.25) is 0 Å². The van der Waals surface area contributed by atoms with Crippen LogP contribution in [0.15, 0.2) is 24.3 Å². The summed E-state index contributed by atoms with van der Waals surface area (Å²) in [5.74, 6) is -0.185. The number of rotatable bonds is 8. The average molecular weight is 277 g/mol. The van der Waals surface area contributed by atoms with Crippen LogP contribution >= 0.6 is 0 Å².